The number of aliphatic hydroxyl groups excluding tert-OH is 3. The van der Waals surface area contributed by atoms with Crippen LogP contribution in [0.4, 0.5) is 0 Å². The summed E-state index contributed by atoms with van der Waals surface area (Å²) in [5.41, 5.74) is 8.35. The molecule has 1 aliphatic heterocycles. The second kappa shape index (κ2) is 10.2. The van der Waals surface area contributed by atoms with Gasteiger partial charge < -0.3 is 34.8 Å². The molecule has 0 aromatic carbocycles. The molecule has 27 heavy (non-hydrogen) atoms. The Labute approximate surface area is 155 Å². The SMILES string of the molecule is C=CCO[C@]1(C(=O)OC)C[C@@H](O)[C@@H](NC(C)=O)C([C@H](O)[C@H](O)CN=[N+]=[N-])O1. The molecule has 1 fully saturated rings. The molecule has 1 aliphatic rings. The Bertz CT molecular complexity index is 596. The third-order valence-corrected chi connectivity index (χ3v) is 3.94. The van der Waals surface area contributed by atoms with E-state index in [0.717, 1.165) is 7.11 Å². The van der Waals surface area contributed by atoms with E-state index >= 15 is 0 Å². The molecule has 12 heteroatoms. The molecule has 1 amide bonds. The summed E-state index contributed by atoms with van der Waals surface area (Å²) in [6.07, 6.45) is -5.28. The number of azide groups is 1. The van der Waals surface area contributed by atoms with Crippen molar-refractivity contribution in [1.29, 1.82) is 0 Å². The number of carbonyl (C=O) groups is 2. The van der Waals surface area contributed by atoms with Crippen LogP contribution >= 0.6 is 0 Å². The largest absolute Gasteiger partial charge is 0.465 e. The van der Waals surface area contributed by atoms with E-state index in [9.17, 15) is 24.9 Å². The first-order valence-electron chi connectivity index (χ1n) is 8.05. The standard InChI is InChI=1S/C15H24N4O8/c1-4-5-26-15(14(24)25-3)6-9(21)11(18-8(2)20)13(27-15)12(23)10(22)7-17-19-16/h4,9-13,21-23H,1,5-7H2,2-3H3,(H,18,20)/t9-,10-,11-,12-,13?,15-/m1/s1. The second-order valence-corrected chi connectivity index (χ2v) is 5.90. The number of hydrogen-bond acceptors (Lipinski definition) is 9. The van der Waals surface area contributed by atoms with Gasteiger partial charge in [-0.2, -0.15) is 0 Å². The molecule has 1 saturated heterocycles. The number of carbonyl (C=O) groups excluding carboxylic acids is 2. The average molecular weight is 388 g/mol. The zero-order chi connectivity index (χ0) is 20.6. The van der Waals surface area contributed by atoms with Crippen molar-refractivity contribution in [2.75, 3.05) is 20.3 Å². The number of nitrogens with zero attached hydrogens (tertiary/aromatic N) is 3. The van der Waals surface area contributed by atoms with Crippen molar-refractivity contribution < 1.29 is 39.1 Å². The Hall–Kier alpha value is -2.21. The molecule has 0 aromatic heterocycles. The zero-order valence-electron chi connectivity index (χ0n) is 15.0. The van der Waals surface area contributed by atoms with Gasteiger partial charge in [0.1, 0.15) is 12.2 Å². The van der Waals surface area contributed by atoms with E-state index in [2.05, 4.69) is 26.7 Å². The fraction of sp³-hybridized carbons (Fsp3) is 0.733. The van der Waals surface area contributed by atoms with Crippen molar-refractivity contribution >= 4 is 11.9 Å². The lowest BCUT2D eigenvalue weighted by Gasteiger charge is -2.46. The number of rotatable bonds is 9. The van der Waals surface area contributed by atoms with Gasteiger partial charge in [-0.15, -0.1) is 6.58 Å². The fourth-order valence-electron chi connectivity index (χ4n) is 2.74. The van der Waals surface area contributed by atoms with E-state index in [0.29, 0.717) is 0 Å². The minimum Gasteiger partial charge on any atom is -0.465 e. The molecule has 0 spiro atoms. The Morgan fingerprint density at radius 2 is 2.22 bits per heavy atom. The summed E-state index contributed by atoms with van der Waals surface area (Å²) >= 11 is 0. The van der Waals surface area contributed by atoms with Gasteiger partial charge in [-0.05, 0) is 5.53 Å². The molecule has 1 unspecified atom stereocenters. The van der Waals surface area contributed by atoms with Crippen molar-refractivity contribution in [1.82, 2.24) is 5.32 Å². The molecule has 0 bridgehead atoms. The molecule has 1 rings (SSSR count). The van der Waals surface area contributed by atoms with E-state index in [1.54, 1.807) is 0 Å². The summed E-state index contributed by atoms with van der Waals surface area (Å²) in [5, 5.41) is 36.5. The van der Waals surface area contributed by atoms with Gasteiger partial charge in [0.25, 0.3) is 5.79 Å². The zero-order valence-corrected chi connectivity index (χ0v) is 15.0. The Morgan fingerprint density at radius 1 is 1.56 bits per heavy atom. The second-order valence-electron chi connectivity index (χ2n) is 5.90. The Balaban J connectivity index is 3.25. The molecule has 0 radical (unpaired) electrons. The maximum atomic E-state index is 12.3. The molecular formula is C15H24N4O8. The summed E-state index contributed by atoms with van der Waals surface area (Å²) in [7, 11) is 1.08. The van der Waals surface area contributed by atoms with Crippen molar-refractivity contribution in [2.45, 2.75) is 49.6 Å². The lowest BCUT2D eigenvalue weighted by molar-refractivity contribution is -0.308. The fourth-order valence-corrected chi connectivity index (χ4v) is 2.74. The number of nitrogens with one attached hydrogen (secondary N) is 1. The van der Waals surface area contributed by atoms with Crippen molar-refractivity contribution in [2.24, 2.45) is 5.11 Å². The summed E-state index contributed by atoms with van der Waals surface area (Å²) in [6.45, 7) is 4.00. The molecular weight excluding hydrogens is 364 g/mol. The third kappa shape index (κ3) is 5.63. The number of ether oxygens (including phenoxy) is 3. The lowest BCUT2D eigenvalue weighted by Crippen LogP contribution is -2.68. The third-order valence-electron chi connectivity index (χ3n) is 3.94. The van der Waals surface area contributed by atoms with E-state index < -0.39 is 61.1 Å². The number of methoxy groups -OCH3 is 1. The lowest BCUT2D eigenvalue weighted by atomic mass is 9.88. The maximum absolute atomic E-state index is 12.3. The van der Waals surface area contributed by atoms with Crippen LogP contribution in [0.2, 0.25) is 0 Å². The highest BCUT2D eigenvalue weighted by Crippen LogP contribution is 2.34. The molecule has 0 aromatic rings. The van der Waals surface area contributed by atoms with Crippen LogP contribution in [0.25, 0.3) is 10.4 Å². The number of hydrogen-bond donors (Lipinski definition) is 4. The summed E-state index contributed by atoms with van der Waals surface area (Å²) in [4.78, 5) is 26.2. The Kier molecular flexibility index (Phi) is 8.63. The molecule has 1 heterocycles. The highest BCUT2D eigenvalue weighted by molar-refractivity contribution is 5.78. The maximum Gasteiger partial charge on any atom is 0.366 e. The topological polar surface area (TPSA) is 183 Å². The van der Waals surface area contributed by atoms with Crippen LogP contribution in [0.15, 0.2) is 17.8 Å². The minimum atomic E-state index is -2.10. The van der Waals surface area contributed by atoms with Crippen LogP contribution in [-0.2, 0) is 23.8 Å². The van der Waals surface area contributed by atoms with E-state index in [1.165, 1.54) is 13.0 Å². The van der Waals surface area contributed by atoms with Gasteiger partial charge in [0, 0.05) is 18.3 Å². The highest BCUT2D eigenvalue weighted by Gasteiger charge is 2.56. The molecule has 152 valence electrons. The first-order valence-corrected chi connectivity index (χ1v) is 8.05. The summed E-state index contributed by atoms with van der Waals surface area (Å²) in [5.74, 6) is -3.62. The molecule has 0 aliphatic carbocycles. The Morgan fingerprint density at radius 3 is 2.74 bits per heavy atom. The molecule has 12 nitrogen and oxygen atoms in total. The quantitative estimate of drug-likeness (QED) is 0.124. The molecule has 6 atom stereocenters. The highest BCUT2D eigenvalue weighted by atomic mass is 16.7. The smallest absolute Gasteiger partial charge is 0.366 e. The predicted molar refractivity (Wildman–Crippen MR) is 90.0 cm³/mol. The van der Waals surface area contributed by atoms with E-state index in [4.69, 9.17) is 15.0 Å². The van der Waals surface area contributed by atoms with E-state index in [1.807, 2.05) is 0 Å². The first kappa shape index (κ1) is 22.8. The van der Waals surface area contributed by atoms with Gasteiger partial charge >= 0.3 is 5.97 Å². The van der Waals surface area contributed by atoms with Crippen LogP contribution in [-0.4, -0.2) is 83.7 Å². The number of aliphatic hydroxyl groups is 3. The number of amides is 1. The normalized spacial score (nSPS) is 29.7. The van der Waals surface area contributed by atoms with Crippen molar-refractivity contribution in [3.63, 3.8) is 0 Å². The van der Waals surface area contributed by atoms with Gasteiger partial charge in [-0.25, -0.2) is 4.79 Å². The van der Waals surface area contributed by atoms with Gasteiger partial charge in [0.2, 0.25) is 5.91 Å². The van der Waals surface area contributed by atoms with E-state index in [-0.39, 0.29) is 6.61 Å². The van der Waals surface area contributed by atoms with Crippen LogP contribution < -0.4 is 5.32 Å². The van der Waals surface area contributed by atoms with Gasteiger partial charge in [-0.3, -0.25) is 4.79 Å². The van der Waals surface area contributed by atoms with Crippen LogP contribution in [0.3, 0.4) is 0 Å². The number of esters is 1. The monoisotopic (exact) mass is 388 g/mol. The van der Waals surface area contributed by atoms with Gasteiger partial charge in [0.15, 0.2) is 0 Å². The minimum absolute atomic E-state index is 0.142. The summed E-state index contributed by atoms with van der Waals surface area (Å²) < 4.78 is 15.7. The first-order chi connectivity index (χ1) is 12.7. The van der Waals surface area contributed by atoms with Crippen LogP contribution in [0.5, 0.6) is 0 Å². The van der Waals surface area contributed by atoms with Crippen molar-refractivity contribution in [3.8, 4) is 0 Å². The van der Waals surface area contributed by atoms with Crippen LogP contribution in [0, 0.1) is 0 Å². The summed E-state index contributed by atoms with van der Waals surface area (Å²) in [6, 6.07) is -1.18. The van der Waals surface area contributed by atoms with Gasteiger partial charge in [-0.1, -0.05) is 11.2 Å². The average Bonchev–Trinajstić information content (AvgIpc) is 2.64. The van der Waals surface area contributed by atoms with Gasteiger partial charge in [0.05, 0.1) is 38.5 Å². The molecule has 4 N–H and O–H groups in total. The molecule has 0 saturated carbocycles. The van der Waals surface area contributed by atoms with Crippen LogP contribution in [0.1, 0.15) is 13.3 Å². The van der Waals surface area contributed by atoms with Crippen molar-refractivity contribution in [3.05, 3.63) is 23.1 Å². The predicted octanol–water partition coefficient (Wildman–Crippen LogP) is -1.26.